The molecule has 0 radical (unpaired) electrons. The summed E-state index contributed by atoms with van der Waals surface area (Å²) in [6.45, 7) is 2.65. The maximum atomic E-state index is 5.28. The van der Waals surface area contributed by atoms with Crippen LogP contribution in [0.1, 0.15) is 6.92 Å². The van der Waals surface area contributed by atoms with Crippen molar-refractivity contribution in [2.75, 3.05) is 6.61 Å². The lowest BCUT2D eigenvalue weighted by atomic mass is 10.3. The Hall–Kier alpha value is -0.150. The zero-order chi connectivity index (χ0) is 8.27. The number of thiol groups is 1. The molecule has 0 amide bonds. The van der Waals surface area contributed by atoms with E-state index in [9.17, 15) is 0 Å². The second-order valence-electron chi connectivity index (χ2n) is 2.05. The molecular weight excluding hydrogens is 224 g/mol. The van der Waals surface area contributed by atoms with E-state index in [0.717, 1.165) is 15.1 Å². The molecule has 0 aromatic heterocycles. The molecule has 0 aliphatic heterocycles. The Bertz CT molecular complexity index is 250. The van der Waals surface area contributed by atoms with Crippen LogP contribution in [0.25, 0.3) is 0 Å². The number of ether oxygens (including phenoxy) is 1. The molecule has 0 heterocycles. The van der Waals surface area contributed by atoms with Gasteiger partial charge in [-0.05, 0) is 41.1 Å². The van der Waals surface area contributed by atoms with Gasteiger partial charge in [0.05, 0.1) is 6.61 Å². The van der Waals surface area contributed by atoms with Crippen LogP contribution < -0.4 is 4.74 Å². The molecular formula is C8H9BrOS. The van der Waals surface area contributed by atoms with Crippen molar-refractivity contribution in [1.82, 2.24) is 0 Å². The minimum Gasteiger partial charge on any atom is -0.494 e. The Balaban J connectivity index is 2.86. The van der Waals surface area contributed by atoms with Crippen molar-refractivity contribution in [2.45, 2.75) is 11.8 Å². The van der Waals surface area contributed by atoms with Crippen LogP contribution in [0.3, 0.4) is 0 Å². The van der Waals surface area contributed by atoms with Crippen molar-refractivity contribution >= 4 is 28.6 Å². The molecule has 0 N–H and O–H groups in total. The van der Waals surface area contributed by atoms with Gasteiger partial charge in [-0.15, -0.1) is 12.6 Å². The van der Waals surface area contributed by atoms with Gasteiger partial charge in [0.2, 0.25) is 0 Å². The van der Waals surface area contributed by atoms with E-state index < -0.39 is 0 Å². The first-order valence-corrected chi connectivity index (χ1v) is 4.59. The Labute approximate surface area is 80.3 Å². The predicted molar refractivity (Wildman–Crippen MR) is 52.6 cm³/mol. The number of hydrogen-bond donors (Lipinski definition) is 1. The lowest BCUT2D eigenvalue weighted by Gasteiger charge is -2.03. The summed E-state index contributed by atoms with van der Waals surface area (Å²) in [5, 5.41) is 0. The Morgan fingerprint density at radius 2 is 2.27 bits per heavy atom. The highest BCUT2D eigenvalue weighted by Gasteiger charge is 1.96. The zero-order valence-corrected chi connectivity index (χ0v) is 8.65. The summed E-state index contributed by atoms with van der Waals surface area (Å²) in [6, 6.07) is 5.71. The molecule has 0 aliphatic rings. The normalized spacial score (nSPS) is 9.73. The van der Waals surface area contributed by atoms with Crippen molar-refractivity contribution in [2.24, 2.45) is 0 Å². The van der Waals surface area contributed by atoms with Gasteiger partial charge in [-0.3, -0.25) is 0 Å². The Kier molecular flexibility index (Phi) is 3.27. The lowest BCUT2D eigenvalue weighted by Crippen LogP contribution is -1.90. The third kappa shape index (κ3) is 2.42. The molecule has 1 nitrogen and oxygen atoms in total. The second kappa shape index (κ2) is 4.02. The third-order valence-electron chi connectivity index (χ3n) is 1.23. The molecule has 1 rings (SSSR count). The second-order valence-corrected chi connectivity index (χ2v) is 3.38. The van der Waals surface area contributed by atoms with Crippen molar-refractivity contribution in [1.29, 1.82) is 0 Å². The van der Waals surface area contributed by atoms with Gasteiger partial charge in [0, 0.05) is 9.37 Å². The molecule has 1 aromatic carbocycles. The number of benzene rings is 1. The Morgan fingerprint density at radius 1 is 1.55 bits per heavy atom. The molecule has 1 aromatic rings. The van der Waals surface area contributed by atoms with E-state index in [2.05, 4.69) is 28.6 Å². The van der Waals surface area contributed by atoms with Gasteiger partial charge < -0.3 is 4.74 Å². The predicted octanol–water partition coefficient (Wildman–Crippen LogP) is 3.14. The van der Waals surface area contributed by atoms with Crippen LogP contribution in [-0.4, -0.2) is 6.61 Å². The maximum Gasteiger partial charge on any atom is 0.120 e. The SMILES string of the molecule is CCOc1ccc(S)c(Br)c1. The smallest absolute Gasteiger partial charge is 0.120 e. The molecule has 11 heavy (non-hydrogen) atoms. The monoisotopic (exact) mass is 232 g/mol. The molecule has 0 bridgehead atoms. The highest BCUT2D eigenvalue weighted by Crippen LogP contribution is 2.25. The quantitative estimate of drug-likeness (QED) is 0.772. The average molecular weight is 233 g/mol. The van der Waals surface area contributed by atoms with E-state index in [-0.39, 0.29) is 0 Å². The maximum absolute atomic E-state index is 5.28. The van der Waals surface area contributed by atoms with E-state index in [0.29, 0.717) is 6.61 Å². The molecule has 3 heteroatoms. The van der Waals surface area contributed by atoms with Crippen LogP contribution in [0.2, 0.25) is 0 Å². The minimum atomic E-state index is 0.693. The fourth-order valence-electron chi connectivity index (χ4n) is 0.744. The van der Waals surface area contributed by atoms with Crippen LogP contribution >= 0.6 is 28.6 Å². The van der Waals surface area contributed by atoms with Crippen molar-refractivity contribution in [3.05, 3.63) is 22.7 Å². The first-order valence-electron chi connectivity index (χ1n) is 3.35. The van der Waals surface area contributed by atoms with Gasteiger partial charge >= 0.3 is 0 Å². The summed E-state index contributed by atoms with van der Waals surface area (Å²) in [5.41, 5.74) is 0. The van der Waals surface area contributed by atoms with Crippen molar-refractivity contribution in [3.63, 3.8) is 0 Å². The van der Waals surface area contributed by atoms with Gasteiger partial charge in [0.1, 0.15) is 5.75 Å². The van der Waals surface area contributed by atoms with Gasteiger partial charge in [0.25, 0.3) is 0 Å². The van der Waals surface area contributed by atoms with Gasteiger partial charge in [-0.2, -0.15) is 0 Å². The van der Waals surface area contributed by atoms with Crippen LogP contribution in [0.5, 0.6) is 5.75 Å². The van der Waals surface area contributed by atoms with E-state index in [1.807, 2.05) is 25.1 Å². The van der Waals surface area contributed by atoms with Gasteiger partial charge in [-0.25, -0.2) is 0 Å². The molecule has 0 unspecified atom stereocenters. The first kappa shape index (κ1) is 8.94. The highest BCUT2D eigenvalue weighted by atomic mass is 79.9. The molecule has 60 valence electrons. The number of rotatable bonds is 2. The summed E-state index contributed by atoms with van der Waals surface area (Å²) in [5.74, 6) is 0.872. The van der Waals surface area contributed by atoms with E-state index in [1.165, 1.54) is 0 Å². The fourth-order valence-corrected chi connectivity index (χ4v) is 1.24. The third-order valence-corrected chi connectivity index (χ3v) is 2.58. The largest absolute Gasteiger partial charge is 0.494 e. The topological polar surface area (TPSA) is 9.23 Å². The highest BCUT2D eigenvalue weighted by molar-refractivity contribution is 9.10. The summed E-state index contributed by atoms with van der Waals surface area (Å²) >= 11 is 7.57. The van der Waals surface area contributed by atoms with Crippen LogP contribution in [0.4, 0.5) is 0 Å². The van der Waals surface area contributed by atoms with Crippen molar-refractivity contribution in [3.8, 4) is 5.75 Å². The van der Waals surface area contributed by atoms with Crippen LogP contribution in [-0.2, 0) is 0 Å². The van der Waals surface area contributed by atoms with E-state index in [1.54, 1.807) is 0 Å². The average Bonchev–Trinajstić information content (AvgIpc) is 1.98. The van der Waals surface area contributed by atoms with E-state index in [4.69, 9.17) is 4.74 Å². The van der Waals surface area contributed by atoms with Crippen LogP contribution in [0.15, 0.2) is 27.6 Å². The number of halogens is 1. The fraction of sp³-hybridized carbons (Fsp3) is 0.250. The molecule has 0 spiro atoms. The van der Waals surface area contributed by atoms with E-state index >= 15 is 0 Å². The van der Waals surface area contributed by atoms with Gasteiger partial charge in [0.15, 0.2) is 0 Å². The lowest BCUT2D eigenvalue weighted by molar-refractivity contribution is 0.340. The van der Waals surface area contributed by atoms with Crippen LogP contribution in [0, 0.1) is 0 Å². The van der Waals surface area contributed by atoms with Gasteiger partial charge in [-0.1, -0.05) is 0 Å². The summed E-state index contributed by atoms with van der Waals surface area (Å²) in [6.07, 6.45) is 0. The first-order chi connectivity index (χ1) is 5.24. The number of hydrogen-bond acceptors (Lipinski definition) is 2. The summed E-state index contributed by atoms with van der Waals surface area (Å²) in [4.78, 5) is 0.924. The molecule has 0 atom stereocenters. The summed E-state index contributed by atoms with van der Waals surface area (Å²) in [7, 11) is 0. The molecule has 0 aliphatic carbocycles. The Morgan fingerprint density at radius 3 is 2.82 bits per heavy atom. The molecule has 0 saturated carbocycles. The zero-order valence-electron chi connectivity index (χ0n) is 6.17. The molecule has 0 saturated heterocycles. The summed E-state index contributed by atoms with van der Waals surface area (Å²) < 4.78 is 6.24. The molecule has 0 fully saturated rings. The standard InChI is InChI=1S/C8H9BrOS/c1-2-10-6-3-4-8(11)7(9)5-6/h3-5,11H,2H2,1H3. The van der Waals surface area contributed by atoms with Crippen molar-refractivity contribution < 1.29 is 4.74 Å². The minimum absolute atomic E-state index is 0.693.